The third-order valence-electron chi connectivity index (χ3n) is 2.96. The smallest absolute Gasteiger partial charge is 0.446 e. The molecular formula is C16H14F3NO2S. The molecule has 0 saturated carbocycles. The van der Waals surface area contributed by atoms with Gasteiger partial charge in [0.2, 0.25) is 0 Å². The zero-order valence-electron chi connectivity index (χ0n) is 12.2. The van der Waals surface area contributed by atoms with Gasteiger partial charge in [0.15, 0.2) is 0 Å². The second-order valence-corrected chi connectivity index (χ2v) is 5.74. The Labute approximate surface area is 135 Å². The standard InChI is InChI=1S/C16H14F3NO2S/c1-22-13-6-2-11(3-7-13)10-20-15(21)12-4-8-14(9-5-12)23-16(17,18)19/h2-9H,10H2,1H3,(H,20,21). The molecule has 0 aliphatic rings. The summed E-state index contributed by atoms with van der Waals surface area (Å²) in [4.78, 5) is 12.0. The van der Waals surface area contributed by atoms with Gasteiger partial charge in [-0.1, -0.05) is 12.1 Å². The molecule has 0 atom stereocenters. The fraction of sp³-hybridized carbons (Fsp3) is 0.188. The first kappa shape index (κ1) is 17.2. The Kier molecular flexibility index (Phi) is 5.54. The summed E-state index contributed by atoms with van der Waals surface area (Å²) in [6.07, 6.45) is 0. The number of hydrogen-bond donors (Lipinski definition) is 1. The Morgan fingerprint density at radius 1 is 1.09 bits per heavy atom. The van der Waals surface area contributed by atoms with Crippen LogP contribution in [-0.2, 0) is 6.54 Å². The maximum Gasteiger partial charge on any atom is 0.446 e. The zero-order chi connectivity index (χ0) is 16.9. The van der Waals surface area contributed by atoms with E-state index in [0.29, 0.717) is 12.1 Å². The van der Waals surface area contributed by atoms with E-state index in [0.717, 1.165) is 11.3 Å². The van der Waals surface area contributed by atoms with Crippen LogP contribution >= 0.6 is 11.8 Å². The number of carbonyl (C=O) groups is 1. The molecule has 1 N–H and O–H groups in total. The Morgan fingerprint density at radius 2 is 1.70 bits per heavy atom. The van der Waals surface area contributed by atoms with Crippen molar-refractivity contribution in [2.75, 3.05) is 7.11 Å². The van der Waals surface area contributed by atoms with Crippen LogP contribution in [0.5, 0.6) is 5.75 Å². The number of carbonyl (C=O) groups excluding carboxylic acids is 1. The second-order valence-electron chi connectivity index (χ2n) is 4.60. The van der Waals surface area contributed by atoms with Gasteiger partial charge in [-0.05, 0) is 53.7 Å². The molecule has 122 valence electrons. The summed E-state index contributed by atoms with van der Waals surface area (Å²) >= 11 is -0.209. The normalized spacial score (nSPS) is 11.1. The highest BCUT2D eigenvalue weighted by atomic mass is 32.2. The molecule has 0 radical (unpaired) electrons. The number of ether oxygens (including phenoxy) is 1. The van der Waals surface area contributed by atoms with Gasteiger partial charge >= 0.3 is 5.51 Å². The molecule has 0 bridgehead atoms. The van der Waals surface area contributed by atoms with Gasteiger partial charge in [0.05, 0.1) is 7.11 Å². The quantitative estimate of drug-likeness (QED) is 0.827. The van der Waals surface area contributed by atoms with E-state index < -0.39 is 5.51 Å². The van der Waals surface area contributed by atoms with Gasteiger partial charge < -0.3 is 10.1 Å². The van der Waals surface area contributed by atoms with Crippen molar-refractivity contribution in [3.63, 3.8) is 0 Å². The fourth-order valence-corrected chi connectivity index (χ4v) is 2.38. The van der Waals surface area contributed by atoms with Gasteiger partial charge in [-0.15, -0.1) is 0 Å². The van der Waals surface area contributed by atoms with Crippen molar-refractivity contribution >= 4 is 17.7 Å². The van der Waals surface area contributed by atoms with Crippen molar-refractivity contribution in [3.8, 4) is 5.75 Å². The molecule has 3 nitrogen and oxygen atoms in total. The lowest BCUT2D eigenvalue weighted by Crippen LogP contribution is -2.22. The molecule has 23 heavy (non-hydrogen) atoms. The van der Waals surface area contributed by atoms with Crippen molar-refractivity contribution in [2.24, 2.45) is 0 Å². The molecule has 0 unspecified atom stereocenters. The summed E-state index contributed by atoms with van der Waals surface area (Å²) in [5.41, 5.74) is -3.13. The molecule has 2 aromatic rings. The minimum Gasteiger partial charge on any atom is -0.497 e. The molecule has 0 aliphatic heterocycles. The maximum atomic E-state index is 12.2. The Morgan fingerprint density at radius 3 is 2.22 bits per heavy atom. The summed E-state index contributed by atoms with van der Waals surface area (Å²) in [6, 6.07) is 12.5. The lowest BCUT2D eigenvalue weighted by Gasteiger charge is -2.08. The molecule has 0 fully saturated rings. The van der Waals surface area contributed by atoms with E-state index in [4.69, 9.17) is 4.74 Å². The Hall–Kier alpha value is -2.15. The van der Waals surface area contributed by atoms with Crippen molar-refractivity contribution in [1.29, 1.82) is 0 Å². The predicted molar refractivity (Wildman–Crippen MR) is 82.5 cm³/mol. The lowest BCUT2D eigenvalue weighted by molar-refractivity contribution is -0.0328. The average molecular weight is 341 g/mol. The van der Waals surface area contributed by atoms with Gasteiger partial charge in [0.1, 0.15) is 5.75 Å². The fourth-order valence-electron chi connectivity index (χ4n) is 1.84. The number of hydrogen-bond acceptors (Lipinski definition) is 3. The molecule has 0 aromatic heterocycles. The van der Waals surface area contributed by atoms with E-state index >= 15 is 0 Å². The van der Waals surface area contributed by atoms with Crippen LogP contribution in [-0.4, -0.2) is 18.5 Å². The van der Waals surface area contributed by atoms with E-state index in [1.165, 1.54) is 24.3 Å². The van der Waals surface area contributed by atoms with E-state index in [-0.39, 0.29) is 22.6 Å². The molecule has 0 spiro atoms. The minimum atomic E-state index is -4.34. The van der Waals surface area contributed by atoms with E-state index in [1.807, 2.05) is 12.1 Å². The third kappa shape index (κ3) is 5.52. The topological polar surface area (TPSA) is 38.3 Å². The summed E-state index contributed by atoms with van der Waals surface area (Å²) in [7, 11) is 1.57. The van der Waals surface area contributed by atoms with Crippen LogP contribution in [0.3, 0.4) is 0 Å². The summed E-state index contributed by atoms with van der Waals surface area (Å²) in [6.45, 7) is 0.321. The second kappa shape index (κ2) is 7.41. The predicted octanol–water partition coefficient (Wildman–Crippen LogP) is 4.24. The number of nitrogens with one attached hydrogen (secondary N) is 1. The highest BCUT2D eigenvalue weighted by Crippen LogP contribution is 2.36. The zero-order valence-corrected chi connectivity index (χ0v) is 13.0. The molecule has 2 rings (SSSR count). The van der Waals surface area contributed by atoms with Gasteiger partial charge in [-0.2, -0.15) is 13.2 Å². The number of rotatable bonds is 5. The van der Waals surface area contributed by atoms with Crippen molar-refractivity contribution < 1.29 is 22.7 Å². The van der Waals surface area contributed by atoms with Crippen molar-refractivity contribution in [1.82, 2.24) is 5.32 Å². The summed E-state index contributed by atoms with van der Waals surface area (Å²) in [5.74, 6) is 0.377. The third-order valence-corrected chi connectivity index (χ3v) is 3.70. The molecule has 0 heterocycles. The first-order valence-corrected chi connectivity index (χ1v) is 7.46. The lowest BCUT2D eigenvalue weighted by atomic mass is 10.2. The van der Waals surface area contributed by atoms with Crippen LogP contribution in [0.25, 0.3) is 0 Å². The number of thioether (sulfide) groups is 1. The maximum absolute atomic E-state index is 12.2. The SMILES string of the molecule is COc1ccc(CNC(=O)c2ccc(SC(F)(F)F)cc2)cc1. The molecular weight excluding hydrogens is 327 g/mol. The number of amides is 1. The van der Waals surface area contributed by atoms with Gasteiger partial charge in [-0.3, -0.25) is 4.79 Å². The molecule has 2 aromatic carbocycles. The number of benzene rings is 2. The number of halogens is 3. The Bertz CT molecular complexity index is 655. The highest BCUT2D eigenvalue weighted by Gasteiger charge is 2.29. The van der Waals surface area contributed by atoms with Gasteiger partial charge in [-0.25, -0.2) is 0 Å². The number of methoxy groups -OCH3 is 1. The summed E-state index contributed by atoms with van der Waals surface area (Å²) < 4.78 is 41.8. The van der Waals surface area contributed by atoms with E-state index in [9.17, 15) is 18.0 Å². The number of alkyl halides is 3. The van der Waals surface area contributed by atoms with Crippen LogP contribution in [0.15, 0.2) is 53.4 Å². The van der Waals surface area contributed by atoms with E-state index in [1.54, 1.807) is 19.2 Å². The molecule has 0 aliphatic carbocycles. The Balaban J connectivity index is 1.92. The summed E-state index contributed by atoms with van der Waals surface area (Å²) in [5, 5.41) is 2.71. The first-order chi connectivity index (χ1) is 10.9. The van der Waals surface area contributed by atoms with Crippen LogP contribution in [0, 0.1) is 0 Å². The molecule has 0 saturated heterocycles. The minimum absolute atomic E-state index is 0.0456. The van der Waals surface area contributed by atoms with E-state index in [2.05, 4.69) is 5.32 Å². The van der Waals surface area contributed by atoms with Crippen LogP contribution in [0.4, 0.5) is 13.2 Å². The average Bonchev–Trinajstić information content (AvgIpc) is 2.52. The molecule has 7 heteroatoms. The van der Waals surface area contributed by atoms with Crippen LogP contribution in [0.2, 0.25) is 0 Å². The molecule has 1 amide bonds. The monoisotopic (exact) mass is 341 g/mol. The highest BCUT2D eigenvalue weighted by molar-refractivity contribution is 8.00. The largest absolute Gasteiger partial charge is 0.497 e. The van der Waals surface area contributed by atoms with Crippen LogP contribution < -0.4 is 10.1 Å². The van der Waals surface area contributed by atoms with Crippen LogP contribution in [0.1, 0.15) is 15.9 Å². The van der Waals surface area contributed by atoms with Gasteiger partial charge in [0.25, 0.3) is 5.91 Å². The van der Waals surface area contributed by atoms with Crippen molar-refractivity contribution in [2.45, 2.75) is 16.9 Å². The first-order valence-electron chi connectivity index (χ1n) is 6.64. The van der Waals surface area contributed by atoms with Crippen molar-refractivity contribution in [3.05, 3.63) is 59.7 Å². The van der Waals surface area contributed by atoms with Gasteiger partial charge in [0, 0.05) is 17.0 Å².